The highest BCUT2D eigenvalue weighted by molar-refractivity contribution is 6.03. The highest BCUT2D eigenvalue weighted by atomic mass is 16.5. The Morgan fingerprint density at radius 1 is 1.00 bits per heavy atom. The van der Waals surface area contributed by atoms with Gasteiger partial charge < -0.3 is 24.5 Å². The normalized spacial score (nSPS) is 10.2. The molecule has 154 valence electrons. The Bertz CT molecular complexity index is 1060. The van der Waals surface area contributed by atoms with Gasteiger partial charge >= 0.3 is 5.97 Å². The minimum Gasteiger partial charge on any atom is -0.497 e. The Hall–Kier alpha value is -4.07. The van der Waals surface area contributed by atoms with Gasteiger partial charge in [0.2, 0.25) is 0 Å². The van der Waals surface area contributed by atoms with Gasteiger partial charge in [-0.2, -0.15) is 0 Å². The van der Waals surface area contributed by atoms with Gasteiger partial charge in [0.15, 0.2) is 12.4 Å². The number of hydrogen-bond acceptors (Lipinski definition) is 6. The highest BCUT2D eigenvalue weighted by Gasteiger charge is 2.15. The van der Waals surface area contributed by atoms with Crippen molar-refractivity contribution >= 4 is 29.2 Å². The smallest absolute Gasteiger partial charge is 0.338 e. The molecule has 0 saturated carbocycles. The van der Waals surface area contributed by atoms with E-state index in [0.717, 1.165) is 5.56 Å². The van der Waals surface area contributed by atoms with Gasteiger partial charge in [-0.05, 0) is 48.9 Å². The molecule has 0 unspecified atom stereocenters. The summed E-state index contributed by atoms with van der Waals surface area (Å²) in [5.41, 5.74) is 1.91. The van der Waals surface area contributed by atoms with Crippen molar-refractivity contribution in [3.63, 3.8) is 0 Å². The second-order valence-corrected chi connectivity index (χ2v) is 6.32. The summed E-state index contributed by atoms with van der Waals surface area (Å²) in [4.78, 5) is 36.5. The molecule has 8 heteroatoms. The number of esters is 1. The van der Waals surface area contributed by atoms with E-state index >= 15 is 0 Å². The molecule has 0 aliphatic carbocycles. The molecule has 3 aromatic rings. The first-order chi connectivity index (χ1) is 14.5. The number of hydrogen-bond donors (Lipinski definition) is 2. The lowest BCUT2D eigenvalue weighted by Gasteiger charge is -2.10. The van der Waals surface area contributed by atoms with E-state index in [4.69, 9.17) is 13.9 Å². The molecule has 0 fully saturated rings. The quantitative estimate of drug-likeness (QED) is 0.578. The van der Waals surface area contributed by atoms with Crippen LogP contribution in [0.3, 0.4) is 0 Å². The predicted molar refractivity (Wildman–Crippen MR) is 110 cm³/mol. The predicted octanol–water partition coefficient (Wildman–Crippen LogP) is 3.64. The van der Waals surface area contributed by atoms with E-state index in [1.807, 2.05) is 0 Å². The Morgan fingerprint density at radius 2 is 1.83 bits per heavy atom. The van der Waals surface area contributed by atoms with Crippen molar-refractivity contribution in [2.75, 3.05) is 24.4 Å². The molecule has 0 radical (unpaired) electrons. The van der Waals surface area contributed by atoms with E-state index in [1.165, 1.54) is 25.5 Å². The van der Waals surface area contributed by atoms with Crippen LogP contribution in [0.2, 0.25) is 0 Å². The van der Waals surface area contributed by atoms with E-state index < -0.39 is 24.4 Å². The molecule has 2 aromatic carbocycles. The second kappa shape index (κ2) is 9.42. The Kier molecular flexibility index (Phi) is 6.49. The zero-order valence-corrected chi connectivity index (χ0v) is 16.4. The van der Waals surface area contributed by atoms with Crippen LogP contribution in [0.25, 0.3) is 0 Å². The number of ether oxygens (including phenoxy) is 2. The molecular formula is C22H20N2O6. The molecule has 8 nitrogen and oxygen atoms in total. The number of carbonyl (C=O) groups is 3. The fraction of sp³-hybridized carbons (Fsp3) is 0.136. The highest BCUT2D eigenvalue weighted by Crippen LogP contribution is 2.19. The fourth-order valence-corrected chi connectivity index (χ4v) is 2.59. The van der Waals surface area contributed by atoms with E-state index in [2.05, 4.69) is 10.6 Å². The van der Waals surface area contributed by atoms with E-state index in [0.29, 0.717) is 17.1 Å². The third-order valence-corrected chi connectivity index (χ3v) is 4.15. The number of rotatable bonds is 7. The molecule has 2 N–H and O–H groups in total. The molecule has 0 aliphatic rings. The maximum absolute atomic E-state index is 12.3. The number of amides is 2. The number of furan rings is 1. The number of aryl methyl sites for hydroxylation is 1. The van der Waals surface area contributed by atoms with Crippen molar-refractivity contribution in [3.8, 4) is 5.75 Å². The van der Waals surface area contributed by atoms with Gasteiger partial charge in [-0.15, -0.1) is 0 Å². The molecule has 30 heavy (non-hydrogen) atoms. The van der Waals surface area contributed by atoms with Gasteiger partial charge in [0, 0.05) is 17.4 Å². The number of benzene rings is 2. The van der Waals surface area contributed by atoms with Crippen molar-refractivity contribution in [2.45, 2.75) is 6.92 Å². The van der Waals surface area contributed by atoms with Crippen LogP contribution < -0.4 is 15.4 Å². The van der Waals surface area contributed by atoms with Gasteiger partial charge in [-0.1, -0.05) is 12.1 Å². The van der Waals surface area contributed by atoms with Crippen LogP contribution in [0.5, 0.6) is 5.75 Å². The standard InChI is InChI=1S/C22H20N2O6/c1-14-8-9-15(11-18(14)24-21(26)19-7-4-10-29-19)22(27)30-13-20(25)23-16-5-3-6-17(12-16)28-2/h3-12H,13H2,1-2H3,(H,23,25)(H,24,26). The molecular weight excluding hydrogens is 388 g/mol. The van der Waals surface area contributed by atoms with Gasteiger partial charge in [-0.25, -0.2) is 4.79 Å². The molecule has 0 spiro atoms. The van der Waals surface area contributed by atoms with Crippen LogP contribution in [0, 0.1) is 6.92 Å². The number of carbonyl (C=O) groups excluding carboxylic acids is 3. The maximum Gasteiger partial charge on any atom is 0.338 e. The van der Waals surface area contributed by atoms with Crippen molar-refractivity contribution in [3.05, 3.63) is 77.7 Å². The molecule has 0 atom stereocenters. The van der Waals surface area contributed by atoms with E-state index in [-0.39, 0.29) is 11.3 Å². The van der Waals surface area contributed by atoms with Crippen molar-refractivity contribution in [1.29, 1.82) is 0 Å². The van der Waals surface area contributed by atoms with E-state index in [1.54, 1.807) is 49.4 Å². The van der Waals surface area contributed by atoms with Crippen molar-refractivity contribution in [1.82, 2.24) is 0 Å². The SMILES string of the molecule is COc1cccc(NC(=O)COC(=O)c2ccc(C)c(NC(=O)c3ccco3)c2)c1. The monoisotopic (exact) mass is 408 g/mol. The fourth-order valence-electron chi connectivity index (χ4n) is 2.59. The van der Waals surface area contributed by atoms with Crippen LogP contribution in [0.1, 0.15) is 26.5 Å². The Balaban J connectivity index is 1.59. The van der Waals surface area contributed by atoms with Crippen LogP contribution in [0.4, 0.5) is 11.4 Å². The summed E-state index contributed by atoms with van der Waals surface area (Å²) >= 11 is 0. The number of methoxy groups -OCH3 is 1. The lowest BCUT2D eigenvalue weighted by molar-refractivity contribution is -0.119. The molecule has 1 heterocycles. The molecule has 0 aliphatic heterocycles. The molecule has 1 aromatic heterocycles. The summed E-state index contributed by atoms with van der Waals surface area (Å²) in [5, 5.41) is 5.31. The third-order valence-electron chi connectivity index (χ3n) is 4.15. The van der Waals surface area contributed by atoms with Gasteiger partial charge in [-0.3, -0.25) is 9.59 Å². The van der Waals surface area contributed by atoms with Gasteiger partial charge in [0.25, 0.3) is 11.8 Å². The number of anilines is 2. The van der Waals surface area contributed by atoms with Crippen molar-refractivity contribution in [2.24, 2.45) is 0 Å². The summed E-state index contributed by atoms with van der Waals surface area (Å²) in [6, 6.07) is 14.7. The topological polar surface area (TPSA) is 107 Å². The zero-order valence-electron chi connectivity index (χ0n) is 16.4. The maximum atomic E-state index is 12.3. The van der Waals surface area contributed by atoms with Gasteiger partial charge in [0.1, 0.15) is 5.75 Å². The van der Waals surface area contributed by atoms with Gasteiger partial charge in [0.05, 0.1) is 18.9 Å². The van der Waals surface area contributed by atoms with Crippen LogP contribution >= 0.6 is 0 Å². The first-order valence-corrected chi connectivity index (χ1v) is 9.03. The largest absolute Gasteiger partial charge is 0.497 e. The summed E-state index contributed by atoms with van der Waals surface area (Å²) in [7, 11) is 1.52. The summed E-state index contributed by atoms with van der Waals surface area (Å²) in [5.74, 6) is -0.879. The minimum absolute atomic E-state index is 0.150. The number of nitrogens with one attached hydrogen (secondary N) is 2. The molecule has 2 amide bonds. The zero-order chi connectivity index (χ0) is 21.5. The first kappa shape index (κ1) is 20.7. The second-order valence-electron chi connectivity index (χ2n) is 6.32. The van der Waals surface area contributed by atoms with Crippen LogP contribution in [-0.2, 0) is 9.53 Å². The van der Waals surface area contributed by atoms with E-state index in [9.17, 15) is 14.4 Å². The Morgan fingerprint density at radius 3 is 2.57 bits per heavy atom. The van der Waals surface area contributed by atoms with Crippen LogP contribution in [-0.4, -0.2) is 31.5 Å². The first-order valence-electron chi connectivity index (χ1n) is 9.03. The lowest BCUT2D eigenvalue weighted by atomic mass is 10.1. The molecule has 3 rings (SSSR count). The average Bonchev–Trinajstić information content (AvgIpc) is 3.29. The summed E-state index contributed by atoms with van der Waals surface area (Å²) in [6.07, 6.45) is 1.39. The molecule has 0 saturated heterocycles. The minimum atomic E-state index is -0.690. The van der Waals surface area contributed by atoms with Crippen LogP contribution in [0.15, 0.2) is 65.3 Å². The average molecular weight is 408 g/mol. The Labute approximate surface area is 172 Å². The molecule has 0 bridgehead atoms. The summed E-state index contributed by atoms with van der Waals surface area (Å²) in [6.45, 7) is 1.33. The summed E-state index contributed by atoms with van der Waals surface area (Å²) < 4.78 is 15.2. The third kappa shape index (κ3) is 5.26. The van der Waals surface area contributed by atoms with Crippen molar-refractivity contribution < 1.29 is 28.3 Å². The lowest BCUT2D eigenvalue weighted by Crippen LogP contribution is -2.21.